The molecular formula is C13H17F3N4O2. The molecular weight excluding hydrogens is 301 g/mol. The van der Waals surface area contributed by atoms with E-state index in [1.165, 1.54) is 11.1 Å². The van der Waals surface area contributed by atoms with E-state index >= 15 is 0 Å². The van der Waals surface area contributed by atoms with Gasteiger partial charge >= 0.3 is 6.18 Å². The number of aromatic nitrogens is 2. The van der Waals surface area contributed by atoms with Crippen molar-refractivity contribution in [3.05, 3.63) is 12.4 Å². The minimum Gasteiger partial charge on any atom is -0.356 e. The van der Waals surface area contributed by atoms with Gasteiger partial charge in [0.1, 0.15) is 6.54 Å². The highest BCUT2D eigenvalue weighted by Gasteiger charge is 2.36. The van der Waals surface area contributed by atoms with Gasteiger partial charge in [0.25, 0.3) is 0 Å². The first-order valence-corrected chi connectivity index (χ1v) is 6.97. The Labute approximate surface area is 125 Å². The number of nitrogens with one attached hydrogen (secondary N) is 1. The molecule has 1 atom stereocenters. The molecule has 1 saturated heterocycles. The molecule has 0 aliphatic carbocycles. The molecule has 0 radical (unpaired) electrons. The summed E-state index contributed by atoms with van der Waals surface area (Å²) in [5.74, 6) is -0.978. The van der Waals surface area contributed by atoms with Crippen molar-refractivity contribution in [2.75, 3.05) is 18.0 Å². The molecule has 1 aromatic heterocycles. The molecule has 1 aliphatic heterocycles. The van der Waals surface area contributed by atoms with Gasteiger partial charge in [0, 0.05) is 25.7 Å². The third-order valence-corrected chi connectivity index (χ3v) is 3.32. The van der Waals surface area contributed by atoms with Crippen LogP contribution in [0.2, 0.25) is 0 Å². The molecule has 0 spiro atoms. The van der Waals surface area contributed by atoms with E-state index in [9.17, 15) is 22.8 Å². The molecule has 1 aromatic rings. The highest BCUT2D eigenvalue weighted by molar-refractivity contribution is 6.00. The number of hydrogen-bond donors (Lipinski definition) is 1. The maximum absolute atomic E-state index is 12.3. The Morgan fingerprint density at radius 3 is 2.86 bits per heavy atom. The maximum Gasteiger partial charge on any atom is 0.408 e. The smallest absolute Gasteiger partial charge is 0.356 e. The SMILES string of the molecule is CCCNC(=O)[C@H]1CC(=O)N(c2cnn(CC(F)(F)F)c2)C1. The maximum atomic E-state index is 12.3. The lowest BCUT2D eigenvalue weighted by Gasteiger charge is -2.14. The molecule has 0 bridgehead atoms. The van der Waals surface area contributed by atoms with Crippen LogP contribution in [0.25, 0.3) is 0 Å². The van der Waals surface area contributed by atoms with Gasteiger partial charge in [-0.15, -0.1) is 0 Å². The van der Waals surface area contributed by atoms with Gasteiger partial charge < -0.3 is 10.2 Å². The Balaban J connectivity index is 2.01. The third-order valence-electron chi connectivity index (χ3n) is 3.32. The van der Waals surface area contributed by atoms with Gasteiger partial charge in [-0.1, -0.05) is 6.92 Å². The van der Waals surface area contributed by atoms with Crippen molar-refractivity contribution in [2.24, 2.45) is 5.92 Å². The molecule has 6 nitrogen and oxygen atoms in total. The summed E-state index contributed by atoms with van der Waals surface area (Å²) in [7, 11) is 0. The van der Waals surface area contributed by atoms with Gasteiger partial charge in [0.15, 0.2) is 0 Å². The van der Waals surface area contributed by atoms with Crippen molar-refractivity contribution in [1.29, 1.82) is 0 Å². The van der Waals surface area contributed by atoms with E-state index in [0.717, 1.165) is 17.3 Å². The van der Waals surface area contributed by atoms with Gasteiger partial charge in [-0.05, 0) is 6.42 Å². The van der Waals surface area contributed by atoms with Gasteiger partial charge in [0.05, 0.1) is 17.8 Å². The molecule has 122 valence electrons. The minimum atomic E-state index is -4.37. The first kappa shape index (κ1) is 16.3. The number of hydrogen-bond acceptors (Lipinski definition) is 3. The van der Waals surface area contributed by atoms with Crippen molar-refractivity contribution in [3.63, 3.8) is 0 Å². The van der Waals surface area contributed by atoms with Crippen LogP contribution < -0.4 is 10.2 Å². The van der Waals surface area contributed by atoms with Gasteiger partial charge in [-0.25, -0.2) is 0 Å². The lowest BCUT2D eigenvalue weighted by atomic mass is 10.1. The summed E-state index contributed by atoms with van der Waals surface area (Å²) in [6.45, 7) is 1.40. The van der Waals surface area contributed by atoms with Crippen LogP contribution in [0, 0.1) is 5.92 Å². The van der Waals surface area contributed by atoms with Crippen molar-refractivity contribution < 1.29 is 22.8 Å². The Kier molecular flexibility index (Phi) is 4.72. The normalized spacial score (nSPS) is 18.8. The summed E-state index contributed by atoms with van der Waals surface area (Å²) in [5, 5.41) is 6.32. The quantitative estimate of drug-likeness (QED) is 0.890. The van der Waals surface area contributed by atoms with Crippen LogP contribution >= 0.6 is 0 Å². The van der Waals surface area contributed by atoms with E-state index in [1.807, 2.05) is 6.92 Å². The zero-order chi connectivity index (χ0) is 16.3. The molecule has 22 heavy (non-hydrogen) atoms. The number of carbonyl (C=O) groups excluding carboxylic acids is 2. The third kappa shape index (κ3) is 3.99. The molecule has 0 aromatic carbocycles. The van der Waals surface area contributed by atoms with Crippen LogP contribution in [-0.4, -0.2) is 40.9 Å². The van der Waals surface area contributed by atoms with E-state index < -0.39 is 18.6 Å². The average Bonchev–Trinajstić information content (AvgIpc) is 3.00. The van der Waals surface area contributed by atoms with E-state index in [2.05, 4.69) is 10.4 Å². The first-order chi connectivity index (χ1) is 10.3. The minimum absolute atomic E-state index is 0.0556. The number of nitrogens with zero attached hydrogens (tertiary/aromatic N) is 3. The molecule has 2 amide bonds. The average molecular weight is 318 g/mol. The monoisotopic (exact) mass is 318 g/mol. The van der Waals surface area contributed by atoms with Crippen molar-refractivity contribution in [2.45, 2.75) is 32.5 Å². The highest BCUT2D eigenvalue weighted by Crippen LogP contribution is 2.26. The van der Waals surface area contributed by atoms with Crippen LogP contribution in [0.5, 0.6) is 0 Å². The van der Waals surface area contributed by atoms with Gasteiger partial charge in [-0.3, -0.25) is 14.3 Å². The van der Waals surface area contributed by atoms with Gasteiger partial charge in [0.2, 0.25) is 11.8 Å². The molecule has 2 rings (SSSR count). The molecule has 0 saturated carbocycles. The topological polar surface area (TPSA) is 67.2 Å². The molecule has 9 heteroatoms. The van der Waals surface area contributed by atoms with E-state index in [0.29, 0.717) is 6.54 Å². The Morgan fingerprint density at radius 2 is 2.23 bits per heavy atom. The molecule has 1 aliphatic rings. The second-order valence-electron chi connectivity index (χ2n) is 5.21. The summed E-state index contributed by atoms with van der Waals surface area (Å²) in [4.78, 5) is 25.1. The summed E-state index contributed by atoms with van der Waals surface area (Å²) >= 11 is 0. The molecule has 1 N–H and O–H groups in total. The van der Waals surface area contributed by atoms with E-state index in [1.54, 1.807) is 0 Å². The van der Waals surface area contributed by atoms with E-state index in [4.69, 9.17) is 0 Å². The van der Waals surface area contributed by atoms with Crippen LogP contribution in [0.4, 0.5) is 18.9 Å². The molecule has 0 unspecified atom stereocenters. The fraction of sp³-hybridized carbons (Fsp3) is 0.615. The lowest BCUT2D eigenvalue weighted by molar-refractivity contribution is -0.142. The second kappa shape index (κ2) is 6.37. The van der Waals surface area contributed by atoms with Crippen molar-refractivity contribution >= 4 is 17.5 Å². The number of halogens is 3. The number of anilines is 1. The first-order valence-electron chi connectivity index (χ1n) is 6.97. The van der Waals surface area contributed by atoms with Crippen molar-refractivity contribution in [1.82, 2.24) is 15.1 Å². The predicted molar refractivity (Wildman–Crippen MR) is 72.0 cm³/mol. The van der Waals surface area contributed by atoms with Crippen LogP contribution in [-0.2, 0) is 16.1 Å². The standard InChI is InChI=1S/C13H17F3N4O2/c1-2-3-17-12(22)9-4-11(21)20(6-9)10-5-18-19(7-10)8-13(14,15)16/h5,7,9H,2-4,6,8H2,1H3,(H,17,22)/t9-/m0/s1. The second-order valence-corrected chi connectivity index (χ2v) is 5.21. The van der Waals surface area contributed by atoms with E-state index in [-0.39, 0.29) is 30.5 Å². The summed E-state index contributed by atoms with van der Waals surface area (Å²) < 4.78 is 37.6. The number of carbonyl (C=O) groups is 2. The largest absolute Gasteiger partial charge is 0.408 e. The fourth-order valence-electron chi connectivity index (χ4n) is 2.29. The van der Waals surface area contributed by atoms with Crippen LogP contribution in [0.3, 0.4) is 0 Å². The zero-order valence-corrected chi connectivity index (χ0v) is 12.1. The molecule has 2 heterocycles. The van der Waals surface area contributed by atoms with Gasteiger partial charge in [-0.2, -0.15) is 18.3 Å². The molecule has 1 fully saturated rings. The lowest BCUT2D eigenvalue weighted by Crippen LogP contribution is -2.33. The van der Waals surface area contributed by atoms with Crippen LogP contribution in [0.15, 0.2) is 12.4 Å². The number of rotatable bonds is 5. The fourth-order valence-corrected chi connectivity index (χ4v) is 2.29. The summed E-state index contributed by atoms with van der Waals surface area (Å²) in [6, 6.07) is 0. The predicted octanol–water partition coefficient (Wildman–Crippen LogP) is 1.32. The number of alkyl halides is 3. The Bertz CT molecular complexity index is 556. The summed E-state index contributed by atoms with van der Waals surface area (Å²) in [5.41, 5.74) is 0.278. The highest BCUT2D eigenvalue weighted by atomic mass is 19.4. The van der Waals surface area contributed by atoms with Crippen molar-refractivity contribution in [3.8, 4) is 0 Å². The Hall–Kier alpha value is -2.06. The summed E-state index contributed by atoms with van der Waals surface area (Å²) in [6.07, 6.45) is -1.16. The number of amides is 2. The zero-order valence-electron chi connectivity index (χ0n) is 12.1. The Morgan fingerprint density at radius 1 is 1.50 bits per heavy atom. The van der Waals surface area contributed by atoms with Crippen LogP contribution in [0.1, 0.15) is 19.8 Å².